The quantitative estimate of drug-likeness (QED) is 0.154. The van der Waals surface area contributed by atoms with Gasteiger partial charge >= 0.3 is 6.18 Å². The molecule has 6 aromatic rings. The van der Waals surface area contributed by atoms with Gasteiger partial charge in [-0.05, 0) is 53.8 Å². The molecule has 3 atom stereocenters. The van der Waals surface area contributed by atoms with Gasteiger partial charge in [-0.25, -0.2) is 18.2 Å². The van der Waals surface area contributed by atoms with Crippen molar-refractivity contribution >= 4 is 38.6 Å². The van der Waals surface area contributed by atoms with Gasteiger partial charge in [0.25, 0.3) is 11.8 Å². The second-order valence-corrected chi connectivity index (χ2v) is 15.2. The van der Waals surface area contributed by atoms with Gasteiger partial charge in [-0.3, -0.25) is 14.3 Å². The number of benzene rings is 2. The molecule has 0 spiro atoms. The van der Waals surface area contributed by atoms with E-state index in [1.807, 2.05) is 9.47 Å². The molecule has 1 aliphatic heterocycles. The standard InChI is InChI=1S/C37H30F8N10O2S/c1-16-17(2)36(41,42)32-29(16)31(37(43,44)45)52-55(32)14-28(56)48-25(9-18-7-20(38)11-21(39)8-18)30-22(19-3-4-24(40)23(10-19)33(46)57)12-26-34(49-30)50-35(58-26)53-5-6-54-15-47-51-27(54)13-53/h3-4,7-8,10-12,15-17,25H,5-6,9,13-14H2,1-2H3,(H2,46,57)(H,48,56)/t16-,17+,25-/m0/s1. The molecular formula is C37H30F8N10O2S. The molecule has 302 valence electrons. The molecule has 0 radical (unpaired) electrons. The summed E-state index contributed by atoms with van der Waals surface area (Å²) in [6.45, 7) is 2.66. The average molecular weight is 831 g/mol. The summed E-state index contributed by atoms with van der Waals surface area (Å²) in [5, 5.41) is 14.6. The van der Waals surface area contributed by atoms with Crippen LogP contribution in [0.5, 0.6) is 0 Å². The Morgan fingerprint density at radius 1 is 1.03 bits per heavy atom. The van der Waals surface area contributed by atoms with Crippen LogP contribution in [0, 0.1) is 23.4 Å². The number of fused-ring (bicyclic) bond motifs is 3. The molecule has 12 nitrogen and oxygen atoms in total. The van der Waals surface area contributed by atoms with Crippen molar-refractivity contribution in [3.63, 3.8) is 0 Å². The monoisotopic (exact) mass is 830 g/mol. The maximum atomic E-state index is 15.6. The van der Waals surface area contributed by atoms with Gasteiger partial charge in [0.2, 0.25) is 5.91 Å². The van der Waals surface area contributed by atoms with Crippen LogP contribution in [-0.2, 0) is 42.9 Å². The van der Waals surface area contributed by atoms with Crippen molar-refractivity contribution in [3.05, 3.63) is 106 Å². The molecule has 2 aliphatic rings. The van der Waals surface area contributed by atoms with Gasteiger partial charge in [0, 0.05) is 36.2 Å². The summed E-state index contributed by atoms with van der Waals surface area (Å²) in [6.07, 6.45) is -3.91. The van der Waals surface area contributed by atoms with Crippen LogP contribution >= 0.6 is 11.3 Å². The summed E-state index contributed by atoms with van der Waals surface area (Å²) in [5.74, 6) is -11.0. The van der Waals surface area contributed by atoms with Gasteiger partial charge in [-0.2, -0.15) is 32.0 Å². The molecule has 4 aromatic heterocycles. The van der Waals surface area contributed by atoms with Crippen molar-refractivity contribution in [2.24, 2.45) is 11.7 Å². The number of anilines is 1. The number of halogens is 8. The number of primary amides is 1. The zero-order valence-electron chi connectivity index (χ0n) is 30.3. The zero-order valence-corrected chi connectivity index (χ0v) is 31.1. The Kier molecular flexibility index (Phi) is 9.47. The molecule has 2 aromatic carbocycles. The molecule has 0 bridgehead atoms. The molecule has 2 amide bonds. The van der Waals surface area contributed by atoms with Crippen molar-refractivity contribution < 1.29 is 44.7 Å². The third-order valence-corrected chi connectivity index (χ3v) is 11.6. The molecule has 21 heteroatoms. The van der Waals surface area contributed by atoms with E-state index in [1.54, 1.807) is 12.4 Å². The third-order valence-electron chi connectivity index (χ3n) is 10.5. The van der Waals surface area contributed by atoms with Crippen LogP contribution < -0.4 is 16.0 Å². The fraction of sp³-hybridized carbons (Fsp3) is 0.324. The highest BCUT2D eigenvalue weighted by Gasteiger charge is 2.57. The Bertz CT molecular complexity index is 2600. The number of carbonyl (C=O) groups is 2. The van der Waals surface area contributed by atoms with Crippen LogP contribution in [0.4, 0.5) is 40.3 Å². The van der Waals surface area contributed by atoms with Gasteiger partial charge in [-0.1, -0.05) is 31.3 Å². The molecular weight excluding hydrogens is 801 g/mol. The molecule has 5 heterocycles. The number of hydrogen-bond donors (Lipinski definition) is 2. The molecule has 58 heavy (non-hydrogen) atoms. The van der Waals surface area contributed by atoms with Gasteiger partial charge in [0.1, 0.15) is 36.0 Å². The fourth-order valence-electron chi connectivity index (χ4n) is 7.53. The molecule has 0 saturated carbocycles. The SMILES string of the molecule is C[C@@H]1c2c(C(F)(F)F)nn(CC(=O)N[C@@H](Cc3cc(F)cc(F)c3)c3nc4nc(N5CCn6cnnc6C5)sc4cc3-c3ccc(F)c(C(N)=O)c3)c2C(F)(F)[C@@H]1C. The van der Waals surface area contributed by atoms with Crippen LogP contribution in [0.25, 0.3) is 21.5 Å². The highest BCUT2D eigenvalue weighted by atomic mass is 32.1. The van der Waals surface area contributed by atoms with E-state index in [0.29, 0.717) is 46.0 Å². The van der Waals surface area contributed by atoms with Gasteiger partial charge in [0.05, 0.1) is 28.5 Å². The number of nitrogens with one attached hydrogen (secondary N) is 1. The van der Waals surface area contributed by atoms with Crippen LogP contribution in [0.3, 0.4) is 0 Å². The highest BCUT2D eigenvalue weighted by molar-refractivity contribution is 7.22. The highest BCUT2D eigenvalue weighted by Crippen LogP contribution is 2.55. The Balaban J connectivity index is 1.25. The normalized spacial score (nSPS) is 18.0. The third kappa shape index (κ3) is 6.89. The number of alkyl halides is 5. The second-order valence-electron chi connectivity index (χ2n) is 14.2. The molecule has 0 saturated heterocycles. The number of thiazole rings is 1. The minimum atomic E-state index is -5.12. The summed E-state index contributed by atoms with van der Waals surface area (Å²) in [6, 6.07) is 6.25. The van der Waals surface area contributed by atoms with Crippen molar-refractivity contribution in [3.8, 4) is 11.1 Å². The first kappa shape index (κ1) is 38.9. The maximum Gasteiger partial charge on any atom is 0.435 e. The van der Waals surface area contributed by atoms with Crippen molar-refractivity contribution in [1.82, 2.24) is 39.8 Å². The fourth-order valence-corrected chi connectivity index (χ4v) is 8.50. The Hall–Kier alpha value is -5.99. The smallest absolute Gasteiger partial charge is 0.366 e. The topological polar surface area (TPSA) is 150 Å². The lowest BCUT2D eigenvalue weighted by molar-refractivity contribution is -0.143. The van der Waals surface area contributed by atoms with E-state index < -0.39 is 94.7 Å². The lowest BCUT2D eigenvalue weighted by atomic mass is 9.94. The summed E-state index contributed by atoms with van der Waals surface area (Å²) in [5.41, 5.74) is 2.14. The van der Waals surface area contributed by atoms with E-state index in [9.17, 15) is 35.9 Å². The van der Waals surface area contributed by atoms with Crippen LogP contribution in [0.2, 0.25) is 0 Å². The summed E-state index contributed by atoms with van der Waals surface area (Å²) >= 11 is 1.23. The number of rotatable bonds is 9. The van der Waals surface area contributed by atoms with E-state index in [4.69, 9.17) is 15.7 Å². The van der Waals surface area contributed by atoms with Crippen molar-refractivity contribution in [2.75, 3.05) is 11.4 Å². The van der Waals surface area contributed by atoms with Crippen LogP contribution in [-0.4, -0.2) is 52.9 Å². The zero-order chi connectivity index (χ0) is 41.4. The van der Waals surface area contributed by atoms with Gasteiger partial charge in [-0.15, -0.1) is 10.2 Å². The Morgan fingerprint density at radius 2 is 1.78 bits per heavy atom. The number of nitrogens with two attached hydrogens (primary N) is 1. The first-order valence-electron chi connectivity index (χ1n) is 17.7. The molecule has 8 rings (SSSR count). The first-order chi connectivity index (χ1) is 27.4. The number of carbonyl (C=O) groups excluding carboxylic acids is 2. The summed E-state index contributed by atoms with van der Waals surface area (Å²) in [7, 11) is 0. The Labute approximate surface area is 326 Å². The number of aromatic nitrogens is 7. The number of hydrogen-bond acceptors (Lipinski definition) is 9. The molecule has 0 fully saturated rings. The van der Waals surface area contributed by atoms with Crippen LogP contribution in [0.1, 0.15) is 70.2 Å². The summed E-state index contributed by atoms with van der Waals surface area (Å²) < 4.78 is 120. The van der Waals surface area contributed by atoms with E-state index >= 15 is 8.78 Å². The predicted octanol–water partition coefficient (Wildman–Crippen LogP) is 6.65. The van der Waals surface area contributed by atoms with Crippen molar-refractivity contribution in [2.45, 2.75) is 64.0 Å². The van der Waals surface area contributed by atoms with E-state index in [-0.39, 0.29) is 28.0 Å². The lowest BCUT2D eigenvalue weighted by Gasteiger charge is -2.26. The van der Waals surface area contributed by atoms with Crippen LogP contribution in [0.15, 0.2) is 48.8 Å². The van der Waals surface area contributed by atoms with Gasteiger partial charge in [0.15, 0.2) is 22.3 Å². The van der Waals surface area contributed by atoms with Gasteiger partial charge < -0.3 is 20.5 Å². The second kappa shape index (κ2) is 14.1. The molecule has 3 N–H and O–H groups in total. The summed E-state index contributed by atoms with van der Waals surface area (Å²) in [4.78, 5) is 37.6. The number of amides is 2. The van der Waals surface area contributed by atoms with E-state index in [1.165, 1.54) is 24.3 Å². The van der Waals surface area contributed by atoms with E-state index in [2.05, 4.69) is 20.6 Å². The minimum absolute atomic E-state index is 0.00232. The first-order valence-corrected chi connectivity index (χ1v) is 18.5. The Morgan fingerprint density at radius 3 is 2.48 bits per heavy atom. The molecule has 1 aliphatic carbocycles. The predicted molar refractivity (Wildman–Crippen MR) is 192 cm³/mol. The molecule has 0 unspecified atom stereocenters. The lowest BCUT2D eigenvalue weighted by Crippen LogP contribution is -2.35. The van der Waals surface area contributed by atoms with Crippen molar-refractivity contribution in [1.29, 1.82) is 0 Å². The average Bonchev–Trinajstić information content (AvgIpc) is 3.92. The minimum Gasteiger partial charge on any atom is -0.366 e. The van der Waals surface area contributed by atoms with E-state index in [0.717, 1.165) is 31.2 Å². The maximum absolute atomic E-state index is 15.6. The number of pyridine rings is 1. The number of nitrogens with zero attached hydrogens (tertiary/aromatic N) is 8. The largest absolute Gasteiger partial charge is 0.435 e.